The van der Waals surface area contributed by atoms with E-state index in [-0.39, 0.29) is 6.04 Å². The Balaban J connectivity index is 1.79. The molecule has 0 fully saturated rings. The Morgan fingerprint density at radius 2 is 1.95 bits per heavy atom. The van der Waals surface area contributed by atoms with Gasteiger partial charge >= 0.3 is 0 Å². The van der Waals surface area contributed by atoms with E-state index in [0.717, 1.165) is 34.6 Å². The van der Waals surface area contributed by atoms with Gasteiger partial charge in [-0.15, -0.1) is 0 Å². The van der Waals surface area contributed by atoms with E-state index in [9.17, 15) is 5.11 Å². The van der Waals surface area contributed by atoms with Crippen molar-refractivity contribution in [1.82, 2.24) is 5.43 Å². The number of hydrogen-bond acceptors (Lipinski definition) is 4. The van der Waals surface area contributed by atoms with Gasteiger partial charge in [-0.3, -0.25) is 0 Å². The summed E-state index contributed by atoms with van der Waals surface area (Å²) in [5.41, 5.74) is 6.94. The van der Waals surface area contributed by atoms with Gasteiger partial charge < -0.3 is 15.3 Å². The molecule has 0 radical (unpaired) electrons. The molecule has 0 saturated heterocycles. The molecule has 4 nitrogen and oxygen atoms in total. The van der Waals surface area contributed by atoms with E-state index >= 15 is 0 Å². The number of hydrogen-bond donors (Lipinski definition) is 2. The Labute approximate surface area is 124 Å². The van der Waals surface area contributed by atoms with Crippen LogP contribution in [0.4, 0.5) is 0 Å². The van der Waals surface area contributed by atoms with Crippen LogP contribution in [0.2, 0.25) is 0 Å². The number of nitrogens with zero attached hydrogens (tertiary/aromatic N) is 1. The number of para-hydroxylation sites is 1. The number of methoxy groups -OCH3 is 1. The third-order valence-electron chi connectivity index (χ3n) is 3.82. The normalized spacial score (nSPS) is 17.2. The summed E-state index contributed by atoms with van der Waals surface area (Å²) in [4.78, 5) is 0. The van der Waals surface area contributed by atoms with Crippen molar-refractivity contribution >= 4 is 5.71 Å². The van der Waals surface area contributed by atoms with Gasteiger partial charge in [0.25, 0.3) is 0 Å². The minimum Gasteiger partial charge on any atom is -0.507 e. The van der Waals surface area contributed by atoms with Crippen LogP contribution in [0.25, 0.3) is 0 Å². The van der Waals surface area contributed by atoms with E-state index in [2.05, 4.69) is 10.5 Å². The summed E-state index contributed by atoms with van der Waals surface area (Å²) in [7, 11) is 1.65. The first-order valence-corrected chi connectivity index (χ1v) is 6.94. The largest absolute Gasteiger partial charge is 0.507 e. The van der Waals surface area contributed by atoms with Crippen molar-refractivity contribution in [2.75, 3.05) is 7.11 Å². The fourth-order valence-corrected chi connectivity index (χ4v) is 2.55. The second-order valence-electron chi connectivity index (χ2n) is 5.19. The summed E-state index contributed by atoms with van der Waals surface area (Å²) in [6.07, 6.45) is 0.753. The zero-order valence-corrected chi connectivity index (χ0v) is 12.1. The van der Waals surface area contributed by atoms with Gasteiger partial charge in [0.05, 0.1) is 18.9 Å². The maximum absolute atomic E-state index is 10.2. The summed E-state index contributed by atoms with van der Waals surface area (Å²) in [5, 5.41) is 14.6. The molecule has 21 heavy (non-hydrogen) atoms. The molecule has 4 heteroatoms. The van der Waals surface area contributed by atoms with E-state index in [1.54, 1.807) is 7.11 Å². The number of aryl methyl sites for hydroxylation is 1. The van der Waals surface area contributed by atoms with Crippen molar-refractivity contribution in [3.8, 4) is 11.5 Å². The molecule has 0 spiro atoms. The minimum absolute atomic E-state index is 0.0157. The van der Waals surface area contributed by atoms with E-state index in [4.69, 9.17) is 4.74 Å². The SMILES string of the molecule is COc1ccc(C2=NNC(c3cccc(C)c3O)C2)cc1. The lowest BCUT2D eigenvalue weighted by Crippen LogP contribution is -2.10. The average molecular weight is 282 g/mol. The van der Waals surface area contributed by atoms with Crippen molar-refractivity contribution in [2.45, 2.75) is 19.4 Å². The maximum Gasteiger partial charge on any atom is 0.123 e. The molecule has 1 unspecified atom stereocenters. The highest BCUT2D eigenvalue weighted by Crippen LogP contribution is 2.32. The monoisotopic (exact) mass is 282 g/mol. The number of ether oxygens (including phenoxy) is 1. The van der Waals surface area contributed by atoms with E-state index < -0.39 is 0 Å². The molecule has 1 atom stereocenters. The highest BCUT2D eigenvalue weighted by molar-refractivity contribution is 6.01. The number of hydrazone groups is 1. The highest BCUT2D eigenvalue weighted by atomic mass is 16.5. The third kappa shape index (κ3) is 2.57. The Kier molecular flexibility index (Phi) is 3.52. The highest BCUT2D eigenvalue weighted by Gasteiger charge is 2.23. The Morgan fingerprint density at radius 3 is 2.67 bits per heavy atom. The summed E-state index contributed by atoms with van der Waals surface area (Å²) >= 11 is 0. The molecule has 0 aliphatic carbocycles. The molecule has 1 aliphatic rings. The van der Waals surface area contributed by atoms with E-state index in [1.165, 1.54) is 0 Å². The lowest BCUT2D eigenvalue weighted by Gasteiger charge is -2.13. The number of aromatic hydroxyl groups is 1. The van der Waals surface area contributed by atoms with Crippen molar-refractivity contribution < 1.29 is 9.84 Å². The second kappa shape index (κ2) is 5.48. The molecule has 0 amide bonds. The van der Waals surface area contributed by atoms with Gasteiger partial charge in [-0.2, -0.15) is 5.10 Å². The van der Waals surface area contributed by atoms with Crippen molar-refractivity contribution in [2.24, 2.45) is 5.10 Å². The van der Waals surface area contributed by atoms with E-state index in [0.29, 0.717) is 5.75 Å². The van der Waals surface area contributed by atoms with Gasteiger partial charge in [0.15, 0.2) is 0 Å². The van der Waals surface area contributed by atoms with Crippen molar-refractivity contribution in [3.63, 3.8) is 0 Å². The number of phenols is 1. The van der Waals surface area contributed by atoms with Crippen LogP contribution < -0.4 is 10.2 Å². The number of phenolic OH excluding ortho intramolecular Hbond substituents is 1. The molecule has 1 aliphatic heterocycles. The van der Waals surface area contributed by atoms with Gasteiger partial charge in [-0.25, -0.2) is 0 Å². The van der Waals surface area contributed by atoms with Crippen LogP contribution in [0.15, 0.2) is 47.6 Å². The average Bonchev–Trinajstić information content (AvgIpc) is 3.00. The molecule has 0 saturated carbocycles. The van der Waals surface area contributed by atoms with Crippen LogP contribution >= 0.6 is 0 Å². The lowest BCUT2D eigenvalue weighted by atomic mass is 9.97. The summed E-state index contributed by atoms with van der Waals surface area (Å²) in [5.74, 6) is 1.18. The van der Waals surface area contributed by atoms with Gasteiger partial charge in [0.1, 0.15) is 11.5 Å². The predicted molar refractivity (Wildman–Crippen MR) is 82.9 cm³/mol. The standard InChI is InChI=1S/C17H18N2O2/c1-11-4-3-5-14(17(11)20)16-10-15(18-19-16)12-6-8-13(21-2)9-7-12/h3-9,16,19-20H,10H2,1-2H3. The molecule has 2 N–H and O–H groups in total. The molecule has 3 rings (SSSR count). The Hall–Kier alpha value is -2.49. The molecule has 0 bridgehead atoms. The molecule has 108 valence electrons. The molecule has 1 heterocycles. The van der Waals surface area contributed by atoms with Crippen LogP contribution in [0.3, 0.4) is 0 Å². The van der Waals surface area contributed by atoms with Crippen LogP contribution in [0.1, 0.15) is 29.2 Å². The Morgan fingerprint density at radius 1 is 1.19 bits per heavy atom. The molecule has 2 aromatic rings. The van der Waals surface area contributed by atoms with Crippen LogP contribution in [-0.4, -0.2) is 17.9 Å². The van der Waals surface area contributed by atoms with Gasteiger partial charge in [0.2, 0.25) is 0 Å². The summed E-state index contributed by atoms with van der Waals surface area (Å²) < 4.78 is 5.16. The van der Waals surface area contributed by atoms with Gasteiger partial charge in [0, 0.05) is 12.0 Å². The number of rotatable bonds is 3. The zero-order chi connectivity index (χ0) is 14.8. The molecule has 0 aromatic heterocycles. The van der Waals surface area contributed by atoms with Gasteiger partial charge in [-0.05, 0) is 42.3 Å². The van der Waals surface area contributed by atoms with Crippen molar-refractivity contribution in [3.05, 3.63) is 59.2 Å². The first-order valence-electron chi connectivity index (χ1n) is 6.94. The quantitative estimate of drug-likeness (QED) is 0.909. The topological polar surface area (TPSA) is 53.8 Å². The smallest absolute Gasteiger partial charge is 0.123 e. The summed E-state index contributed by atoms with van der Waals surface area (Å²) in [6.45, 7) is 1.90. The van der Waals surface area contributed by atoms with E-state index in [1.807, 2.05) is 49.4 Å². The second-order valence-corrected chi connectivity index (χ2v) is 5.19. The maximum atomic E-state index is 10.2. The van der Waals surface area contributed by atoms with Crippen molar-refractivity contribution in [1.29, 1.82) is 0 Å². The molecule has 2 aromatic carbocycles. The molecular weight excluding hydrogens is 264 g/mol. The zero-order valence-electron chi connectivity index (χ0n) is 12.1. The van der Waals surface area contributed by atoms with Crippen LogP contribution in [-0.2, 0) is 0 Å². The van der Waals surface area contributed by atoms with Gasteiger partial charge in [-0.1, -0.05) is 18.2 Å². The Bertz CT molecular complexity index is 678. The van der Waals surface area contributed by atoms with Crippen LogP contribution in [0.5, 0.6) is 11.5 Å². The first kappa shape index (κ1) is 13.5. The molecular formula is C17H18N2O2. The van der Waals surface area contributed by atoms with Crippen LogP contribution in [0, 0.1) is 6.92 Å². The minimum atomic E-state index is 0.0157. The predicted octanol–water partition coefficient (Wildman–Crippen LogP) is 3.15. The fraction of sp³-hybridized carbons (Fsp3) is 0.235. The fourth-order valence-electron chi connectivity index (χ4n) is 2.55. The lowest BCUT2D eigenvalue weighted by molar-refractivity contribution is 0.415. The third-order valence-corrected chi connectivity index (χ3v) is 3.82. The first-order chi connectivity index (χ1) is 10.2. The summed E-state index contributed by atoms with van der Waals surface area (Å²) in [6, 6.07) is 13.7. The number of benzene rings is 2. The number of nitrogens with one attached hydrogen (secondary N) is 1.